The van der Waals surface area contributed by atoms with Crippen LogP contribution in [0.5, 0.6) is 0 Å². The summed E-state index contributed by atoms with van der Waals surface area (Å²) in [5, 5.41) is 4.69. The van der Waals surface area contributed by atoms with Crippen molar-refractivity contribution in [1.82, 2.24) is 0 Å². The second kappa shape index (κ2) is 6.62. The van der Waals surface area contributed by atoms with E-state index in [4.69, 9.17) is 28.9 Å². The molecule has 0 spiro atoms. The van der Waals surface area contributed by atoms with Crippen molar-refractivity contribution in [3.63, 3.8) is 0 Å². The summed E-state index contributed by atoms with van der Waals surface area (Å²) in [5.41, 5.74) is 7.71. The molecule has 19 heavy (non-hydrogen) atoms. The smallest absolute Gasteiger partial charge is 0.0650 e. The molecule has 2 aromatic carbocycles. The Hall–Kier alpha value is -0.740. The largest absolute Gasteiger partial charge is 0.377 e. The number of benzene rings is 2. The van der Waals surface area contributed by atoms with Gasteiger partial charge in [-0.25, -0.2) is 0 Å². The average molecular weight is 360 g/mol. The van der Waals surface area contributed by atoms with Crippen LogP contribution in [0.4, 0.5) is 5.69 Å². The second-order valence-corrected chi connectivity index (χ2v) is 5.75. The van der Waals surface area contributed by atoms with E-state index in [0.717, 1.165) is 15.7 Å². The summed E-state index contributed by atoms with van der Waals surface area (Å²) in [6.07, 6.45) is 0. The van der Waals surface area contributed by atoms with Crippen molar-refractivity contribution in [3.8, 4) is 0 Å². The van der Waals surface area contributed by atoms with Crippen molar-refractivity contribution >= 4 is 44.8 Å². The lowest BCUT2D eigenvalue weighted by atomic mass is 10.1. The van der Waals surface area contributed by atoms with Gasteiger partial charge in [-0.1, -0.05) is 41.4 Å². The highest BCUT2D eigenvalue weighted by Crippen LogP contribution is 2.29. The summed E-state index contributed by atoms with van der Waals surface area (Å²) in [6.45, 7) is 0.442. The molecule has 100 valence electrons. The summed E-state index contributed by atoms with van der Waals surface area (Å²) >= 11 is 15.6. The van der Waals surface area contributed by atoms with Crippen molar-refractivity contribution in [2.75, 3.05) is 11.9 Å². The number of hydrogen-bond donors (Lipinski definition) is 2. The molecule has 0 radical (unpaired) electrons. The molecule has 3 N–H and O–H groups in total. The van der Waals surface area contributed by atoms with Gasteiger partial charge in [-0.15, -0.1) is 0 Å². The maximum absolute atomic E-state index is 6.19. The van der Waals surface area contributed by atoms with Gasteiger partial charge >= 0.3 is 0 Å². The van der Waals surface area contributed by atoms with Crippen LogP contribution in [0.3, 0.4) is 0 Å². The molecule has 2 nitrogen and oxygen atoms in total. The van der Waals surface area contributed by atoms with Gasteiger partial charge in [-0.3, -0.25) is 0 Å². The first kappa shape index (κ1) is 14.7. The summed E-state index contributed by atoms with van der Waals surface area (Å²) in [4.78, 5) is 0. The average Bonchev–Trinajstić information content (AvgIpc) is 2.41. The number of halogens is 3. The zero-order chi connectivity index (χ0) is 13.8. The minimum Gasteiger partial charge on any atom is -0.377 e. The van der Waals surface area contributed by atoms with Gasteiger partial charge in [0, 0.05) is 21.7 Å². The van der Waals surface area contributed by atoms with Crippen LogP contribution in [0.15, 0.2) is 46.9 Å². The zero-order valence-corrected chi connectivity index (χ0v) is 13.1. The third-order valence-corrected chi connectivity index (χ3v) is 4.35. The van der Waals surface area contributed by atoms with E-state index in [9.17, 15) is 0 Å². The van der Waals surface area contributed by atoms with Crippen LogP contribution >= 0.6 is 39.1 Å². The minimum absolute atomic E-state index is 0.0501. The van der Waals surface area contributed by atoms with E-state index in [1.54, 1.807) is 0 Å². The number of hydrogen-bond acceptors (Lipinski definition) is 2. The van der Waals surface area contributed by atoms with Gasteiger partial charge in [0.25, 0.3) is 0 Å². The molecule has 2 rings (SSSR count). The van der Waals surface area contributed by atoms with Gasteiger partial charge in [0.2, 0.25) is 0 Å². The number of nitrogens with one attached hydrogen (secondary N) is 1. The molecule has 1 atom stereocenters. The fraction of sp³-hybridized carbons (Fsp3) is 0.143. The Bertz CT molecular complexity index is 575. The SMILES string of the molecule is NCC(Nc1ccc(Br)c(Cl)c1)c1ccccc1Cl. The van der Waals surface area contributed by atoms with Crippen molar-refractivity contribution < 1.29 is 0 Å². The molecular formula is C14H13BrCl2N2. The first-order valence-electron chi connectivity index (χ1n) is 5.78. The predicted molar refractivity (Wildman–Crippen MR) is 86.0 cm³/mol. The molecule has 0 aliphatic carbocycles. The monoisotopic (exact) mass is 358 g/mol. The van der Waals surface area contributed by atoms with Crippen molar-refractivity contribution in [3.05, 3.63) is 62.5 Å². The van der Waals surface area contributed by atoms with Gasteiger partial charge in [-0.2, -0.15) is 0 Å². The summed E-state index contributed by atoms with van der Waals surface area (Å²) in [6, 6.07) is 13.3. The summed E-state index contributed by atoms with van der Waals surface area (Å²) < 4.78 is 0.863. The van der Waals surface area contributed by atoms with E-state index in [1.165, 1.54) is 0 Å². The molecule has 0 fully saturated rings. The lowest BCUT2D eigenvalue weighted by molar-refractivity contribution is 0.790. The molecule has 0 bridgehead atoms. The third kappa shape index (κ3) is 3.63. The molecule has 0 saturated carbocycles. The molecule has 0 aliphatic heterocycles. The third-order valence-electron chi connectivity index (χ3n) is 2.78. The van der Waals surface area contributed by atoms with Crippen molar-refractivity contribution in [1.29, 1.82) is 0 Å². The Morgan fingerprint density at radius 1 is 1.11 bits per heavy atom. The van der Waals surface area contributed by atoms with Gasteiger partial charge in [0.1, 0.15) is 0 Å². The number of rotatable bonds is 4. The zero-order valence-electron chi connectivity index (χ0n) is 10.0. The van der Waals surface area contributed by atoms with E-state index in [1.807, 2.05) is 42.5 Å². The van der Waals surface area contributed by atoms with E-state index in [-0.39, 0.29) is 6.04 Å². The quantitative estimate of drug-likeness (QED) is 0.817. The molecule has 5 heteroatoms. The Kier molecular flexibility index (Phi) is 5.11. The number of anilines is 1. The standard InChI is InChI=1S/C14H13BrCl2N2/c15-11-6-5-9(7-13(11)17)19-14(8-18)10-3-1-2-4-12(10)16/h1-7,14,19H,8,18H2. The molecule has 2 aromatic rings. The van der Waals surface area contributed by atoms with E-state index >= 15 is 0 Å². The van der Waals surface area contributed by atoms with Crippen molar-refractivity contribution in [2.45, 2.75) is 6.04 Å². The Morgan fingerprint density at radius 2 is 1.84 bits per heavy atom. The van der Waals surface area contributed by atoms with Crippen LogP contribution < -0.4 is 11.1 Å². The topological polar surface area (TPSA) is 38.0 Å². The molecule has 0 aromatic heterocycles. The molecular weight excluding hydrogens is 347 g/mol. The second-order valence-electron chi connectivity index (χ2n) is 4.08. The van der Waals surface area contributed by atoms with E-state index in [0.29, 0.717) is 16.6 Å². The first-order valence-corrected chi connectivity index (χ1v) is 7.33. The predicted octanol–water partition coefficient (Wildman–Crippen LogP) is 4.87. The van der Waals surface area contributed by atoms with Crippen LogP contribution in [-0.4, -0.2) is 6.54 Å². The highest BCUT2D eigenvalue weighted by molar-refractivity contribution is 9.10. The van der Waals surface area contributed by atoms with Gasteiger partial charge < -0.3 is 11.1 Å². The lowest BCUT2D eigenvalue weighted by Gasteiger charge is -2.20. The van der Waals surface area contributed by atoms with Gasteiger partial charge in [-0.05, 0) is 45.8 Å². The van der Waals surface area contributed by atoms with E-state index < -0.39 is 0 Å². The fourth-order valence-electron chi connectivity index (χ4n) is 1.81. The van der Waals surface area contributed by atoms with Gasteiger partial charge in [0.05, 0.1) is 11.1 Å². The highest BCUT2D eigenvalue weighted by Gasteiger charge is 2.13. The van der Waals surface area contributed by atoms with Crippen LogP contribution in [0.2, 0.25) is 10.0 Å². The Labute approximate surface area is 131 Å². The Balaban J connectivity index is 2.24. The summed E-state index contributed by atoms with van der Waals surface area (Å²) in [5.74, 6) is 0. The molecule has 0 amide bonds. The number of nitrogens with two attached hydrogens (primary N) is 1. The maximum Gasteiger partial charge on any atom is 0.0650 e. The first-order chi connectivity index (χ1) is 9.11. The van der Waals surface area contributed by atoms with Crippen LogP contribution in [0, 0.1) is 0 Å². The van der Waals surface area contributed by atoms with Crippen molar-refractivity contribution in [2.24, 2.45) is 5.73 Å². The van der Waals surface area contributed by atoms with Gasteiger partial charge in [0.15, 0.2) is 0 Å². The Morgan fingerprint density at radius 3 is 2.47 bits per heavy atom. The minimum atomic E-state index is -0.0501. The molecule has 0 aliphatic rings. The van der Waals surface area contributed by atoms with Crippen LogP contribution in [0.1, 0.15) is 11.6 Å². The molecule has 0 saturated heterocycles. The molecule has 1 unspecified atom stereocenters. The molecule has 0 heterocycles. The van der Waals surface area contributed by atoms with Crippen LogP contribution in [-0.2, 0) is 0 Å². The fourth-order valence-corrected chi connectivity index (χ4v) is 2.50. The highest BCUT2D eigenvalue weighted by atomic mass is 79.9. The van der Waals surface area contributed by atoms with Crippen LogP contribution in [0.25, 0.3) is 0 Å². The lowest BCUT2D eigenvalue weighted by Crippen LogP contribution is -2.20. The normalized spacial score (nSPS) is 12.2. The summed E-state index contributed by atoms with van der Waals surface area (Å²) in [7, 11) is 0. The van der Waals surface area contributed by atoms with E-state index in [2.05, 4.69) is 21.2 Å². The maximum atomic E-state index is 6.19.